The van der Waals surface area contributed by atoms with Gasteiger partial charge in [-0.2, -0.15) is 0 Å². The molecule has 1 heterocycles. The van der Waals surface area contributed by atoms with Crippen molar-refractivity contribution in [2.24, 2.45) is 0 Å². The molecular formula is C24H19BrN2O3. The minimum absolute atomic E-state index is 0.242. The van der Waals surface area contributed by atoms with Crippen LogP contribution in [0.5, 0.6) is 5.75 Å². The van der Waals surface area contributed by atoms with E-state index in [-0.39, 0.29) is 11.6 Å². The maximum Gasteiger partial charge on any atom is 0.282 e. The van der Waals surface area contributed by atoms with Crippen molar-refractivity contribution in [1.82, 2.24) is 0 Å². The lowest BCUT2D eigenvalue weighted by Crippen LogP contribution is -2.32. The second-order valence-corrected chi connectivity index (χ2v) is 7.54. The molecule has 0 bridgehead atoms. The zero-order valence-corrected chi connectivity index (χ0v) is 17.8. The van der Waals surface area contributed by atoms with Crippen LogP contribution < -0.4 is 15.0 Å². The van der Waals surface area contributed by atoms with Crippen molar-refractivity contribution in [2.45, 2.75) is 6.92 Å². The number of ether oxygens (including phenoxy) is 1. The number of hydrogen-bond acceptors (Lipinski definition) is 4. The van der Waals surface area contributed by atoms with Gasteiger partial charge in [0.2, 0.25) is 0 Å². The Labute approximate surface area is 183 Å². The molecule has 4 rings (SSSR count). The molecular weight excluding hydrogens is 444 g/mol. The molecule has 150 valence electrons. The first-order chi connectivity index (χ1) is 14.6. The van der Waals surface area contributed by atoms with Gasteiger partial charge in [0, 0.05) is 16.2 Å². The molecule has 3 aromatic carbocycles. The quantitative estimate of drug-likeness (QED) is 0.508. The van der Waals surface area contributed by atoms with E-state index < -0.39 is 5.91 Å². The van der Waals surface area contributed by atoms with Crippen LogP contribution in [0.4, 0.5) is 11.4 Å². The standard InChI is InChI=1S/C24H19BrN2O3/c1-2-30-20-13-7-12-19(15-20)27-23(28)21(16-8-4-3-5-9-16)22(24(27)29)26-18-11-6-10-17(25)14-18/h3-15,26H,2H2,1H3. The predicted molar refractivity (Wildman–Crippen MR) is 121 cm³/mol. The van der Waals surface area contributed by atoms with E-state index >= 15 is 0 Å². The number of amides is 2. The first-order valence-corrected chi connectivity index (χ1v) is 10.3. The van der Waals surface area contributed by atoms with Crippen LogP contribution in [-0.2, 0) is 9.59 Å². The fraction of sp³-hybridized carbons (Fsp3) is 0.0833. The van der Waals surface area contributed by atoms with Crippen LogP contribution in [0.3, 0.4) is 0 Å². The summed E-state index contributed by atoms with van der Waals surface area (Å²) in [6.07, 6.45) is 0. The number of carbonyl (C=O) groups is 2. The van der Waals surface area contributed by atoms with Crippen molar-refractivity contribution < 1.29 is 14.3 Å². The smallest absolute Gasteiger partial charge is 0.282 e. The molecule has 0 unspecified atom stereocenters. The van der Waals surface area contributed by atoms with Crippen LogP contribution in [0.25, 0.3) is 5.57 Å². The first kappa shape index (κ1) is 19.9. The summed E-state index contributed by atoms with van der Waals surface area (Å²) in [4.78, 5) is 28.0. The molecule has 5 nitrogen and oxygen atoms in total. The number of halogens is 1. The Balaban J connectivity index is 1.79. The normalized spacial score (nSPS) is 13.7. The number of benzene rings is 3. The molecule has 0 atom stereocenters. The van der Waals surface area contributed by atoms with E-state index in [0.717, 1.165) is 4.47 Å². The van der Waals surface area contributed by atoms with Crippen molar-refractivity contribution in [2.75, 3.05) is 16.8 Å². The third-order valence-corrected chi connectivity index (χ3v) is 5.12. The van der Waals surface area contributed by atoms with E-state index in [2.05, 4.69) is 21.2 Å². The number of anilines is 2. The molecule has 0 spiro atoms. The highest BCUT2D eigenvalue weighted by molar-refractivity contribution is 9.10. The largest absolute Gasteiger partial charge is 0.494 e. The molecule has 1 aliphatic rings. The van der Waals surface area contributed by atoms with E-state index in [1.165, 1.54) is 4.90 Å². The van der Waals surface area contributed by atoms with Crippen molar-refractivity contribution in [3.63, 3.8) is 0 Å². The van der Waals surface area contributed by atoms with Gasteiger partial charge in [0.25, 0.3) is 11.8 Å². The second kappa shape index (κ2) is 8.55. The Morgan fingerprint density at radius 2 is 1.67 bits per heavy atom. The number of nitrogens with zero attached hydrogens (tertiary/aromatic N) is 1. The van der Waals surface area contributed by atoms with E-state index in [1.807, 2.05) is 61.5 Å². The van der Waals surface area contributed by atoms with Gasteiger partial charge in [-0.05, 0) is 42.8 Å². The Bertz CT molecular complexity index is 1140. The summed E-state index contributed by atoms with van der Waals surface area (Å²) in [7, 11) is 0. The number of nitrogens with one attached hydrogen (secondary N) is 1. The Morgan fingerprint density at radius 1 is 0.900 bits per heavy atom. The SMILES string of the molecule is CCOc1cccc(N2C(=O)C(Nc3cccc(Br)c3)=C(c3ccccc3)C2=O)c1. The summed E-state index contributed by atoms with van der Waals surface area (Å²) in [5.74, 6) is -0.185. The second-order valence-electron chi connectivity index (χ2n) is 6.63. The van der Waals surface area contributed by atoms with Crippen molar-refractivity contribution in [3.8, 4) is 5.75 Å². The summed E-state index contributed by atoms with van der Waals surface area (Å²) in [6.45, 7) is 2.38. The zero-order chi connectivity index (χ0) is 21.1. The van der Waals surface area contributed by atoms with Crippen LogP contribution in [-0.4, -0.2) is 18.4 Å². The number of imide groups is 1. The van der Waals surface area contributed by atoms with Crippen LogP contribution in [0.1, 0.15) is 12.5 Å². The van der Waals surface area contributed by atoms with Gasteiger partial charge in [0.15, 0.2) is 0 Å². The van der Waals surface area contributed by atoms with Gasteiger partial charge in [0.05, 0.1) is 17.9 Å². The molecule has 0 radical (unpaired) electrons. The van der Waals surface area contributed by atoms with Gasteiger partial charge in [0.1, 0.15) is 11.4 Å². The summed E-state index contributed by atoms with van der Waals surface area (Å²) >= 11 is 3.44. The van der Waals surface area contributed by atoms with E-state index in [9.17, 15) is 9.59 Å². The zero-order valence-electron chi connectivity index (χ0n) is 16.3. The van der Waals surface area contributed by atoms with Gasteiger partial charge in [-0.15, -0.1) is 0 Å². The number of hydrogen-bond donors (Lipinski definition) is 1. The fourth-order valence-electron chi connectivity index (χ4n) is 3.34. The summed E-state index contributed by atoms with van der Waals surface area (Å²) < 4.78 is 6.41. The number of rotatable bonds is 6. The van der Waals surface area contributed by atoms with Crippen LogP contribution in [0.15, 0.2) is 89.0 Å². The lowest BCUT2D eigenvalue weighted by atomic mass is 10.0. The average Bonchev–Trinajstić information content (AvgIpc) is 2.99. The van der Waals surface area contributed by atoms with E-state index in [0.29, 0.717) is 34.9 Å². The van der Waals surface area contributed by atoms with Crippen molar-refractivity contribution in [1.29, 1.82) is 0 Å². The molecule has 2 amide bonds. The molecule has 0 aliphatic carbocycles. The maximum atomic E-state index is 13.4. The van der Waals surface area contributed by atoms with E-state index in [4.69, 9.17) is 4.74 Å². The molecule has 3 aromatic rings. The van der Waals surface area contributed by atoms with Crippen LogP contribution in [0.2, 0.25) is 0 Å². The van der Waals surface area contributed by atoms with Gasteiger partial charge in [-0.1, -0.05) is 58.4 Å². The van der Waals surface area contributed by atoms with Crippen molar-refractivity contribution >= 4 is 44.7 Å². The third-order valence-electron chi connectivity index (χ3n) is 4.63. The Hall–Kier alpha value is -3.38. The third kappa shape index (κ3) is 3.86. The lowest BCUT2D eigenvalue weighted by molar-refractivity contribution is -0.120. The minimum Gasteiger partial charge on any atom is -0.494 e. The first-order valence-electron chi connectivity index (χ1n) is 9.52. The molecule has 0 aromatic heterocycles. The molecule has 1 aliphatic heterocycles. The Morgan fingerprint density at radius 3 is 2.40 bits per heavy atom. The van der Waals surface area contributed by atoms with Crippen LogP contribution in [0, 0.1) is 0 Å². The molecule has 0 fully saturated rings. The molecule has 1 N–H and O–H groups in total. The topological polar surface area (TPSA) is 58.6 Å². The van der Waals surface area contributed by atoms with Crippen LogP contribution >= 0.6 is 15.9 Å². The van der Waals surface area contributed by atoms with Gasteiger partial charge in [-0.3, -0.25) is 9.59 Å². The Kier molecular flexibility index (Phi) is 5.68. The summed E-state index contributed by atoms with van der Waals surface area (Å²) in [6, 6.07) is 23.6. The molecule has 30 heavy (non-hydrogen) atoms. The highest BCUT2D eigenvalue weighted by Crippen LogP contribution is 2.35. The lowest BCUT2D eigenvalue weighted by Gasteiger charge is -2.16. The average molecular weight is 463 g/mol. The van der Waals surface area contributed by atoms with Crippen molar-refractivity contribution in [3.05, 3.63) is 94.6 Å². The molecule has 6 heteroatoms. The number of carbonyl (C=O) groups excluding carboxylic acids is 2. The molecule has 0 saturated carbocycles. The summed E-state index contributed by atoms with van der Waals surface area (Å²) in [5, 5.41) is 3.16. The predicted octanol–water partition coefficient (Wildman–Crippen LogP) is 5.24. The van der Waals surface area contributed by atoms with Gasteiger partial charge in [-0.25, -0.2) is 4.90 Å². The van der Waals surface area contributed by atoms with E-state index in [1.54, 1.807) is 24.3 Å². The highest BCUT2D eigenvalue weighted by Gasteiger charge is 2.40. The maximum absolute atomic E-state index is 13.4. The summed E-state index contributed by atoms with van der Waals surface area (Å²) in [5.41, 5.74) is 2.43. The monoisotopic (exact) mass is 462 g/mol. The minimum atomic E-state index is -0.410. The highest BCUT2D eigenvalue weighted by atomic mass is 79.9. The van der Waals surface area contributed by atoms with Gasteiger partial charge < -0.3 is 10.1 Å². The van der Waals surface area contributed by atoms with Gasteiger partial charge >= 0.3 is 0 Å². The fourth-order valence-corrected chi connectivity index (χ4v) is 3.74. The molecule has 0 saturated heterocycles.